The minimum Gasteiger partial charge on any atom is -0.489 e. The SMILES string of the molecule is Cc1cccc(OCc2ccc(N)c([N+](=O)[O-])c2)c1. The highest BCUT2D eigenvalue weighted by molar-refractivity contribution is 5.59. The highest BCUT2D eigenvalue weighted by Crippen LogP contribution is 2.23. The number of nitrogen functional groups attached to an aromatic ring is 1. The van der Waals surface area contributed by atoms with Crippen LogP contribution in [0.4, 0.5) is 11.4 Å². The summed E-state index contributed by atoms with van der Waals surface area (Å²) >= 11 is 0. The second kappa shape index (κ2) is 5.39. The molecule has 0 aromatic heterocycles. The number of benzene rings is 2. The summed E-state index contributed by atoms with van der Waals surface area (Å²) < 4.78 is 5.58. The Bertz CT molecular complexity index is 611. The van der Waals surface area contributed by atoms with Gasteiger partial charge in [-0.3, -0.25) is 10.1 Å². The van der Waals surface area contributed by atoms with Crippen LogP contribution in [-0.4, -0.2) is 4.92 Å². The predicted octanol–water partition coefficient (Wildman–Crippen LogP) is 3.06. The predicted molar refractivity (Wildman–Crippen MR) is 73.0 cm³/mol. The molecule has 2 aromatic carbocycles. The normalized spacial score (nSPS) is 10.2. The number of nitro benzene ring substituents is 1. The van der Waals surface area contributed by atoms with Crippen LogP contribution in [0.3, 0.4) is 0 Å². The van der Waals surface area contributed by atoms with Gasteiger partial charge in [0.2, 0.25) is 0 Å². The van der Waals surface area contributed by atoms with Crippen molar-refractivity contribution in [2.45, 2.75) is 13.5 Å². The number of hydrogen-bond acceptors (Lipinski definition) is 4. The van der Waals surface area contributed by atoms with E-state index in [-0.39, 0.29) is 18.0 Å². The van der Waals surface area contributed by atoms with E-state index < -0.39 is 4.92 Å². The lowest BCUT2D eigenvalue weighted by Crippen LogP contribution is -2.00. The van der Waals surface area contributed by atoms with Gasteiger partial charge in [-0.2, -0.15) is 0 Å². The Labute approximate surface area is 110 Å². The summed E-state index contributed by atoms with van der Waals surface area (Å²) in [4.78, 5) is 10.3. The molecule has 0 radical (unpaired) electrons. The zero-order valence-corrected chi connectivity index (χ0v) is 10.5. The summed E-state index contributed by atoms with van der Waals surface area (Å²) in [5.74, 6) is 0.736. The Hall–Kier alpha value is -2.56. The summed E-state index contributed by atoms with van der Waals surface area (Å²) in [6.45, 7) is 2.24. The van der Waals surface area contributed by atoms with Crippen LogP contribution in [0.2, 0.25) is 0 Å². The molecule has 2 rings (SSSR count). The number of nitrogens with zero attached hydrogens (tertiary/aromatic N) is 1. The van der Waals surface area contributed by atoms with Crippen LogP contribution in [0.15, 0.2) is 42.5 Å². The molecule has 0 saturated carbocycles. The van der Waals surface area contributed by atoms with Gasteiger partial charge in [-0.25, -0.2) is 0 Å². The van der Waals surface area contributed by atoms with Gasteiger partial charge in [-0.05, 0) is 36.2 Å². The Morgan fingerprint density at radius 3 is 2.74 bits per heavy atom. The summed E-state index contributed by atoms with van der Waals surface area (Å²) in [6, 6.07) is 12.3. The average molecular weight is 258 g/mol. The largest absolute Gasteiger partial charge is 0.489 e. The third kappa shape index (κ3) is 3.22. The molecule has 0 aliphatic heterocycles. The maximum atomic E-state index is 10.8. The molecule has 0 unspecified atom stereocenters. The van der Waals surface area contributed by atoms with Crippen LogP contribution in [0, 0.1) is 17.0 Å². The molecule has 0 aliphatic carbocycles. The number of aryl methyl sites for hydroxylation is 1. The van der Waals surface area contributed by atoms with Crippen LogP contribution in [0.25, 0.3) is 0 Å². The van der Waals surface area contributed by atoms with E-state index >= 15 is 0 Å². The van der Waals surface area contributed by atoms with Crippen molar-refractivity contribution in [3.05, 3.63) is 63.7 Å². The van der Waals surface area contributed by atoms with E-state index in [1.54, 1.807) is 6.07 Å². The Balaban J connectivity index is 2.12. The molecular formula is C14H14N2O3. The molecule has 0 atom stereocenters. The van der Waals surface area contributed by atoms with Crippen molar-refractivity contribution >= 4 is 11.4 Å². The lowest BCUT2D eigenvalue weighted by atomic mass is 10.2. The smallest absolute Gasteiger partial charge is 0.292 e. The molecule has 0 saturated heterocycles. The first-order chi connectivity index (χ1) is 9.06. The minimum absolute atomic E-state index is 0.0923. The van der Waals surface area contributed by atoms with Crippen molar-refractivity contribution in [1.29, 1.82) is 0 Å². The molecule has 5 nitrogen and oxygen atoms in total. The fourth-order valence-electron chi connectivity index (χ4n) is 1.71. The van der Waals surface area contributed by atoms with Crippen molar-refractivity contribution in [2.24, 2.45) is 0 Å². The van der Waals surface area contributed by atoms with E-state index in [0.717, 1.165) is 11.3 Å². The highest BCUT2D eigenvalue weighted by atomic mass is 16.6. The molecule has 0 spiro atoms. The standard InChI is InChI=1S/C14H14N2O3/c1-10-3-2-4-12(7-10)19-9-11-5-6-13(15)14(8-11)16(17)18/h2-8H,9,15H2,1H3. The van der Waals surface area contributed by atoms with Gasteiger partial charge < -0.3 is 10.5 Å². The van der Waals surface area contributed by atoms with E-state index in [2.05, 4.69) is 0 Å². The van der Waals surface area contributed by atoms with E-state index in [9.17, 15) is 10.1 Å². The van der Waals surface area contributed by atoms with Gasteiger partial charge in [0.1, 0.15) is 18.0 Å². The quantitative estimate of drug-likeness (QED) is 0.519. The summed E-state index contributed by atoms with van der Waals surface area (Å²) in [5.41, 5.74) is 7.41. The van der Waals surface area contributed by atoms with E-state index in [4.69, 9.17) is 10.5 Å². The zero-order chi connectivity index (χ0) is 13.8. The molecule has 0 fully saturated rings. The first-order valence-corrected chi connectivity index (χ1v) is 5.78. The number of anilines is 1. The van der Waals surface area contributed by atoms with E-state index in [1.165, 1.54) is 12.1 Å². The van der Waals surface area contributed by atoms with Crippen LogP contribution >= 0.6 is 0 Å². The van der Waals surface area contributed by atoms with Crippen molar-refractivity contribution in [3.8, 4) is 5.75 Å². The van der Waals surface area contributed by atoms with E-state index in [1.807, 2.05) is 31.2 Å². The highest BCUT2D eigenvalue weighted by Gasteiger charge is 2.11. The Morgan fingerprint density at radius 1 is 1.26 bits per heavy atom. The molecule has 0 aliphatic rings. The topological polar surface area (TPSA) is 78.4 Å². The third-order valence-electron chi connectivity index (χ3n) is 2.69. The van der Waals surface area contributed by atoms with Gasteiger partial charge in [0.25, 0.3) is 5.69 Å². The summed E-state index contributed by atoms with van der Waals surface area (Å²) in [5, 5.41) is 10.8. The summed E-state index contributed by atoms with van der Waals surface area (Å²) in [7, 11) is 0. The Kier molecular flexibility index (Phi) is 3.66. The van der Waals surface area contributed by atoms with Crippen LogP contribution in [0.1, 0.15) is 11.1 Å². The van der Waals surface area contributed by atoms with Crippen molar-refractivity contribution in [1.82, 2.24) is 0 Å². The minimum atomic E-state index is -0.495. The van der Waals surface area contributed by atoms with Crippen LogP contribution in [0.5, 0.6) is 5.75 Å². The van der Waals surface area contributed by atoms with Gasteiger partial charge in [0.15, 0.2) is 0 Å². The molecule has 5 heteroatoms. The molecule has 98 valence electrons. The number of hydrogen-bond donors (Lipinski definition) is 1. The van der Waals surface area contributed by atoms with Crippen LogP contribution in [-0.2, 0) is 6.61 Å². The molecule has 0 amide bonds. The molecule has 2 N–H and O–H groups in total. The van der Waals surface area contributed by atoms with Gasteiger partial charge in [0.05, 0.1) is 4.92 Å². The number of nitro groups is 1. The maximum absolute atomic E-state index is 10.8. The van der Waals surface area contributed by atoms with E-state index in [0.29, 0.717) is 5.56 Å². The van der Waals surface area contributed by atoms with Crippen molar-refractivity contribution in [2.75, 3.05) is 5.73 Å². The Morgan fingerprint density at radius 2 is 2.05 bits per heavy atom. The number of rotatable bonds is 4. The first-order valence-electron chi connectivity index (χ1n) is 5.78. The zero-order valence-electron chi connectivity index (χ0n) is 10.5. The lowest BCUT2D eigenvalue weighted by Gasteiger charge is -2.07. The van der Waals surface area contributed by atoms with Crippen molar-refractivity contribution in [3.63, 3.8) is 0 Å². The monoisotopic (exact) mass is 258 g/mol. The number of ether oxygens (including phenoxy) is 1. The fraction of sp³-hybridized carbons (Fsp3) is 0.143. The summed E-state index contributed by atoms with van der Waals surface area (Å²) in [6.07, 6.45) is 0. The molecule has 2 aromatic rings. The van der Waals surface area contributed by atoms with Gasteiger partial charge >= 0.3 is 0 Å². The van der Waals surface area contributed by atoms with Gasteiger partial charge in [0, 0.05) is 6.07 Å². The fourth-order valence-corrected chi connectivity index (χ4v) is 1.71. The third-order valence-corrected chi connectivity index (χ3v) is 2.69. The molecule has 0 heterocycles. The maximum Gasteiger partial charge on any atom is 0.292 e. The van der Waals surface area contributed by atoms with Gasteiger partial charge in [-0.1, -0.05) is 18.2 Å². The van der Waals surface area contributed by atoms with Gasteiger partial charge in [-0.15, -0.1) is 0 Å². The van der Waals surface area contributed by atoms with Crippen molar-refractivity contribution < 1.29 is 9.66 Å². The lowest BCUT2D eigenvalue weighted by molar-refractivity contribution is -0.384. The van der Waals surface area contributed by atoms with Crippen LogP contribution < -0.4 is 10.5 Å². The molecule has 0 bridgehead atoms. The second-order valence-electron chi connectivity index (χ2n) is 4.26. The second-order valence-corrected chi connectivity index (χ2v) is 4.26. The average Bonchev–Trinajstić information content (AvgIpc) is 2.37. The molecule has 19 heavy (non-hydrogen) atoms. The number of nitrogens with two attached hydrogens (primary N) is 1. The first kappa shape index (κ1) is 12.9. The molecular weight excluding hydrogens is 244 g/mol.